The van der Waals surface area contributed by atoms with Crippen LogP contribution in [0.4, 0.5) is 0 Å². The van der Waals surface area contributed by atoms with E-state index in [1.54, 1.807) is 0 Å². The first-order valence-corrected chi connectivity index (χ1v) is 7.06. The molecule has 1 rings (SSSR count). The lowest BCUT2D eigenvalue weighted by Gasteiger charge is -2.36. The highest BCUT2D eigenvalue weighted by atomic mass is 16.3. The molecule has 3 nitrogen and oxygen atoms in total. The van der Waals surface area contributed by atoms with Crippen LogP contribution in [-0.4, -0.2) is 24.2 Å². The number of hydrogen-bond acceptors (Lipinski definition) is 2. The van der Waals surface area contributed by atoms with Crippen LogP contribution in [0, 0.1) is 11.3 Å². The summed E-state index contributed by atoms with van der Waals surface area (Å²) in [5.74, 6) is 0.294. The third kappa shape index (κ3) is 3.98. The van der Waals surface area contributed by atoms with Crippen molar-refractivity contribution in [3.63, 3.8) is 0 Å². The van der Waals surface area contributed by atoms with Crippen LogP contribution in [0.1, 0.15) is 58.8 Å². The quantitative estimate of drug-likeness (QED) is 0.750. The number of carbonyl (C=O) groups is 1. The molecule has 0 radical (unpaired) electrons. The van der Waals surface area contributed by atoms with E-state index in [9.17, 15) is 9.90 Å². The van der Waals surface area contributed by atoms with Crippen molar-refractivity contribution in [2.24, 2.45) is 11.3 Å². The number of hydrogen-bond donors (Lipinski definition) is 2. The van der Waals surface area contributed by atoms with E-state index < -0.39 is 0 Å². The highest BCUT2D eigenvalue weighted by Crippen LogP contribution is 2.35. The zero-order valence-electron chi connectivity index (χ0n) is 11.3. The summed E-state index contributed by atoms with van der Waals surface area (Å²) in [5.41, 5.74) is -0.0417. The molecule has 1 fully saturated rings. The van der Waals surface area contributed by atoms with E-state index in [4.69, 9.17) is 0 Å². The molecular formula is C14H27NO2. The van der Waals surface area contributed by atoms with E-state index in [0.29, 0.717) is 6.54 Å². The molecule has 17 heavy (non-hydrogen) atoms. The Morgan fingerprint density at radius 3 is 2.29 bits per heavy atom. The van der Waals surface area contributed by atoms with Gasteiger partial charge in [-0.05, 0) is 25.7 Å². The fraction of sp³-hybridized carbons (Fsp3) is 0.929. The lowest BCUT2D eigenvalue weighted by molar-refractivity contribution is -0.126. The monoisotopic (exact) mass is 241 g/mol. The molecule has 1 amide bonds. The van der Waals surface area contributed by atoms with Gasteiger partial charge < -0.3 is 10.4 Å². The van der Waals surface area contributed by atoms with Gasteiger partial charge in [-0.2, -0.15) is 0 Å². The third-order valence-electron chi connectivity index (χ3n) is 4.24. The van der Waals surface area contributed by atoms with E-state index in [1.165, 1.54) is 19.3 Å². The molecule has 0 aromatic rings. The predicted octanol–water partition coefficient (Wildman–Crippen LogP) is 2.48. The minimum absolute atomic E-state index is 0.0417. The molecule has 0 heterocycles. The molecule has 0 bridgehead atoms. The van der Waals surface area contributed by atoms with E-state index in [2.05, 4.69) is 19.2 Å². The van der Waals surface area contributed by atoms with Crippen molar-refractivity contribution >= 4 is 5.91 Å². The van der Waals surface area contributed by atoms with Crippen LogP contribution in [0.25, 0.3) is 0 Å². The first-order chi connectivity index (χ1) is 8.17. The van der Waals surface area contributed by atoms with E-state index in [1.807, 2.05) is 0 Å². The minimum Gasteiger partial charge on any atom is -0.396 e. The topological polar surface area (TPSA) is 49.3 Å². The van der Waals surface area contributed by atoms with Crippen molar-refractivity contribution in [2.75, 3.05) is 13.2 Å². The van der Waals surface area contributed by atoms with Gasteiger partial charge in [0.2, 0.25) is 5.91 Å². The van der Waals surface area contributed by atoms with Gasteiger partial charge >= 0.3 is 0 Å². The molecule has 100 valence electrons. The summed E-state index contributed by atoms with van der Waals surface area (Å²) in [5, 5.41) is 12.6. The second-order valence-electron chi connectivity index (χ2n) is 5.45. The second-order valence-corrected chi connectivity index (χ2v) is 5.45. The lowest BCUT2D eigenvalue weighted by Crippen LogP contribution is -2.43. The Kier molecular flexibility index (Phi) is 5.96. The largest absolute Gasteiger partial charge is 0.396 e. The van der Waals surface area contributed by atoms with Crippen molar-refractivity contribution in [3.05, 3.63) is 0 Å². The van der Waals surface area contributed by atoms with Gasteiger partial charge in [-0.15, -0.1) is 0 Å². The Morgan fingerprint density at radius 2 is 1.82 bits per heavy atom. The standard InChI is InChI=1S/C14H27NO2/c1-3-12(4-2)13(17)15-10-14(11-16)8-6-5-7-9-14/h12,16H,3-11H2,1-2H3,(H,15,17). The number of rotatable bonds is 6. The normalized spacial score (nSPS) is 19.3. The Hall–Kier alpha value is -0.570. The average Bonchev–Trinajstić information content (AvgIpc) is 2.39. The Morgan fingerprint density at radius 1 is 1.24 bits per heavy atom. The first-order valence-electron chi connectivity index (χ1n) is 7.06. The van der Waals surface area contributed by atoms with Gasteiger partial charge in [0, 0.05) is 17.9 Å². The van der Waals surface area contributed by atoms with Crippen LogP contribution in [-0.2, 0) is 4.79 Å². The molecule has 1 saturated carbocycles. The number of aliphatic hydroxyl groups excluding tert-OH is 1. The molecule has 0 aliphatic heterocycles. The van der Waals surface area contributed by atoms with Gasteiger partial charge in [-0.1, -0.05) is 33.1 Å². The molecule has 0 aromatic carbocycles. The number of amides is 1. The molecule has 1 aliphatic rings. The van der Waals surface area contributed by atoms with E-state index >= 15 is 0 Å². The van der Waals surface area contributed by atoms with Crippen molar-refractivity contribution in [3.8, 4) is 0 Å². The van der Waals surface area contributed by atoms with Gasteiger partial charge in [0.1, 0.15) is 0 Å². The molecule has 3 heteroatoms. The summed E-state index contributed by atoms with van der Waals surface area (Å²) in [6, 6.07) is 0. The molecule has 0 spiro atoms. The Balaban J connectivity index is 2.44. The van der Waals surface area contributed by atoms with E-state index in [-0.39, 0.29) is 23.8 Å². The summed E-state index contributed by atoms with van der Waals surface area (Å²) in [6.07, 6.45) is 7.52. The number of carbonyl (C=O) groups excluding carboxylic acids is 1. The summed E-state index contributed by atoms with van der Waals surface area (Å²) in [6.45, 7) is 4.96. The van der Waals surface area contributed by atoms with E-state index in [0.717, 1.165) is 25.7 Å². The fourth-order valence-electron chi connectivity index (χ4n) is 2.77. The molecule has 0 atom stereocenters. The second kappa shape index (κ2) is 7.00. The van der Waals surface area contributed by atoms with Crippen LogP contribution in [0.2, 0.25) is 0 Å². The summed E-state index contributed by atoms with van der Waals surface area (Å²) in [7, 11) is 0. The maximum atomic E-state index is 11.9. The van der Waals surface area contributed by atoms with Gasteiger partial charge in [-0.25, -0.2) is 0 Å². The molecule has 0 aromatic heterocycles. The van der Waals surface area contributed by atoms with Gasteiger partial charge in [0.25, 0.3) is 0 Å². The first kappa shape index (κ1) is 14.5. The zero-order chi connectivity index (χ0) is 12.7. The number of nitrogens with one attached hydrogen (secondary N) is 1. The molecule has 1 aliphatic carbocycles. The SMILES string of the molecule is CCC(CC)C(=O)NCC1(CO)CCCCC1. The summed E-state index contributed by atoms with van der Waals surface area (Å²) >= 11 is 0. The smallest absolute Gasteiger partial charge is 0.223 e. The number of aliphatic hydroxyl groups is 1. The lowest BCUT2D eigenvalue weighted by atomic mass is 9.74. The third-order valence-corrected chi connectivity index (χ3v) is 4.24. The maximum Gasteiger partial charge on any atom is 0.223 e. The van der Waals surface area contributed by atoms with Crippen LogP contribution >= 0.6 is 0 Å². The summed E-state index contributed by atoms with van der Waals surface area (Å²) < 4.78 is 0. The fourth-order valence-corrected chi connectivity index (χ4v) is 2.77. The molecule has 2 N–H and O–H groups in total. The van der Waals surface area contributed by atoms with Crippen molar-refractivity contribution in [1.29, 1.82) is 0 Å². The van der Waals surface area contributed by atoms with Crippen molar-refractivity contribution < 1.29 is 9.90 Å². The average molecular weight is 241 g/mol. The van der Waals surface area contributed by atoms with Gasteiger partial charge in [0.15, 0.2) is 0 Å². The molecule has 0 saturated heterocycles. The van der Waals surface area contributed by atoms with Crippen molar-refractivity contribution in [2.45, 2.75) is 58.8 Å². The van der Waals surface area contributed by atoms with Crippen LogP contribution < -0.4 is 5.32 Å². The highest BCUT2D eigenvalue weighted by Gasteiger charge is 2.32. The van der Waals surface area contributed by atoms with Gasteiger partial charge in [-0.3, -0.25) is 4.79 Å². The van der Waals surface area contributed by atoms with Crippen molar-refractivity contribution in [1.82, 2.24) is 5.32 Å². The highest BCUT2D eigenvalue weighted by molar-refractivity contribution is 5.78. The van der Waals surface area contributed by atoms with Crippen LogP contribution in [0.3, 0.4) is 0 Å². The van der Waals surface area contributed by atoms with Gasteiger partial charge in [0.05, 0.1) is 6.61 Å². The van der Waals surface area contributed by atoms with Crippen LogP contribution in [0.15, 0.2) is 0 Å². The zero-order valence-corrected chi connectivity index (χ0v) is 11.3. The minimum atomic E-state index is -0.0417. The Bertz CT molecular complexity index is 230. The summed E-state index contributed by atoms with van der Waals surface area (Å²) in [4.78, 5) is 11.9. The predicted molar refractivity (Wildman–Crippen MR) is 69.7 cm³/mol. The Labute approximate surface area is 105 Å². The molecule has 0 unspecified atom stereocenters. The van der Waals surface area contributed by atoms with Crippen LogP contribution in [0.5, 0.6) is 0 Å². The maximum absolute atomic E-state index is 11.9. The molecular weight excluding hydrogens is 214 g/mol.